The molecule has 1 atom stereocenters. The van der Waals surface area contributed by atoms with Crippen LogP contribution in [0.15, 0.2) is 29.0 Å². The summed E-state index contributed by atoms with van der Waals surface area (Å²) in [5.74, 6) is 2.01. The minimum atomic E-state index is 0.577. The van der Waals surface area contributed by atoms with Crippen LogP contribution in [-0.2, 0) is 6.42 Å². The quantitative estimate of drug-likeness (QED) is 0.860. The second kappa shape index (κ2) is 4.63. The Kier molecular flexibility index (Phi) is 2.83. The molecule has 0 aromatic carbocycles. The van der Waals surface area contributed by atoms with Crippen molar-refractivity contribution in [2.75, 3.05) is 13.1 Å². The van der Waals surface area contributed by atoms with Crippen molar-refractivity contribution in [2.45, 2.75) is 12.8 Å². The molecule has 2 aromatic rings. The average Bonchev–Trinajstić information content (AvgIpc) is 3.02. The van der Waals surface area contributed by atoms with Crippen molar-refractivity contribution in [1.29, 1.82) is 0 Å². The van der Waals surface area contributed by atoms with Gasteiger partial charge in [0, 0.05) is 24.4 Å². The van der Waals surface area contributed by atoms with Gasteiger partial charge in [-0.25, -0.2) is 0 Å². The van der Waals surface area contributed by atoms with Gasteiger partial charge in [-0.05, 0) is 37.6 Å². The highest BCUT2D eigenvalue weighted by molar-refractivity contribution is 5.50. The summed E-state index contributed by atoms with van der Waals surface area (Å²) in [6, 6.07) is 3.74. The predicted molar refractivity (Wildman–Crippen MR) is 62.2 cm³/mol. The van der Waals surface area contributed by atoms with E-state index in [2.05, 4.69) is 20.4 Å². The van der Waals surface area contributed by atoms with Crippen LogP contribution in [-0.4, -0.2) is 28.2 Å². The van der Waals surface area contributed by atoms with Crippen molar-refractivity contribution in [3.05, 3.63) is 30.4 Å². The summed E-state index contributed by atoms with van der Waals surface area (Å²) in [5, 5.41) is 7.36. The maximum absolute atomic E-state index is 5.25. The SMILES string of the molecule is c1cc(-c2nc(CC3CCNC3)no2)ccn1. The summed E-state index contributed by atoms with van der Waals surface area (Å²) in [5.41, 5.74) is 0.920. The zero-order valence-corrected chi connectivity index (χ0v) is 9.47. The van der Waals surface area contributed by atoms with Gasteiger partial charge in [-0.3, -0.25) is 4.98 Å². The molecule has 88 valence electrons. The smallest absolute Gasteiger partial charge is 0.258 e. The van der Waals surface area contributed by atoms with Gasteiger partial charge in [-0.15, -0.1) is 0 Å². The molecule has 1 aliphatic heterocycles. The van der Waals surface area contributed by atoms with Gasteiger partial charge in [0.2, 0.25) is 0 Å². The van der Waals surface area contributed by atoms with Crippen molar-refractivity contribution >= 4 is 0 Å². The van der Waals surface area contributed by atoms with E-state index < -0.39 is 0 Å². The molecule has 1 fully saturated rings. The van der Waals surface area contributed by atoms with Gasteiger partial charge in [0.05, 0.1) is 0 Å². The summed E-state index contributed by atoms with van der Waals surface area (Å²) < 4.78 is 5.25. The summed E-state index contributed by atoms with van der Waals surface area (Å²) in [7, 11) is 0. The molecule has 1 aliphatic rings. The van der Waals surface area contributed by atoms with Crippen LogP contribution in [0.2, 0.25) is 0 Å². The molecule has 0 amide bonds. The van der Waals surface area contributed by atoms with Crippen molar-refractivity contribution < 1.29 is 4.52 Å². The highest BCUT2D eigenvalue weighted by Crippen LogP contribution is 2.18. The van der Waals surface area contributed by atoms with Gasteiger partial charge in [-0.1, -0.05) is 5.16 Å². The first-order chi connectivity index (χ1) is 8.42. The third-order valence-electron chi connectivity index (χ3n) is 3.03. The first-order valence-electron chi connectivity index (χ1n) is 5.85. The molecule has 2 aromatic heterocycles. The number of rotatable bonds is 3. The Morgan fingerprint density at radius 1 is 1.35 bits per heavy atom. The first kappa shape index (κ1) is 10.4. The second-order valence-corrected chi connectivity index (χ2v) is 4.31. The van der Waals surface area contributed by atoms with E-state index in [0.717, 1.165) is 30.9 Å². The number of aromatic nitrogens is 3. The molecular weight excluding hydrogens is 216 g/mol. The Balaban J connectivity index is 1.74. The van der Waals surface area contributed by atoms with E-state index in [1.807, 2.05) is 12.1 Å². The Bertz CT molecular complexity index is 476. The molecule has 1 saturated heterocycles. The fraction of sp³-hybridized carbons (Fsp3) is 0.417. The van der Waals surface area contributed by atoms with E-state index in [-0.39, 0.29) is 0 Å². The number of nitrogens with one attached hydrogen (secondary N) is 1. The fourth-order valence-electron chi connectivity index (χ4n) is 2.10. The zero-order valence-electron chi connectivity index (χ0n) is 9.47. The number of hydrogen-bond acceptors (Lipinski definition) is 5. The third-order valence-corrected chi connectivity index (χ3v) is 3.03. The monoisotopic (exact) mass is 230 g/mol. The lowest BCUT2D eigenvalue weighted by atomic mass is 10.1. The molecule has 3 heterocycles. The van der Waals surface area contributed by atoms with Gasteiger partial charge in [0.1, 0.15) is 0 Å². The van der Waals surface area contributed by atoms with Crippen molar-refractivity contribution in [2.24, 2.45) is 5.92 Å². The maximum atomic E-state index is 5.25. The van der Waals surface area contributed by atoms with Crippen molar-refractivity contribution in [3.8, 4) is 11.5 Å². The molecule has 0 spiro atoms. The molecule has 5 nitrogen and oxygen atoms in total. The largest absolute Gasteiger partial charge is 0.334 e. The lowest BCUT2D eigenvalue weighted by Gasteiger charge is -2.01. The Labute approximate surface area is 99.3 Å². The number of hydrogen-bond donors (Lipinski definition) is 1. The van der Waals surface area contributed by atoms with Crippen LogP contribution in [0, 0.1) is 5.92 Å². The van der Waals surface area contributed by atoms with E-state index in [4.69, 9.17) is 4.52 Å². The lowest BCUT2D eigenvalue weighted by molar-refractivity contribution is 0.415. The average molecular weight is 230 g/mol. The van der Waals surface area contributed by atoms with Crippen LogP contribution in [0.4, 0.5) is 0 Å². The topological polar surface area (TPSA) is 63.8 Å². The minimum Gasteiger partial charge on any atom is -0.334 e. The van der Waals surface area contributed by atoms with Crippen LogP contribution in [0.1, 0.15) is 12.2 Å². The van der Waals surface area contributed by atoms with E-state index in [0.29, 0.717) is 11.8 Å². The first-order valence-corrected chi connectivity index (χ1v) is 5.85. The van der Waals surface area contributed by atoms with E-state index >= 15 is 0 Å². The highest BCUT2D eigenvalue weighted by Gasteiger charge is 2.18. The van der Waals surface area contributed by atoms with E-state index in [1.165, 1.54) is 6.42 Å². The van der Waals surface area contributed by atoms with Gasteiger partial charge in [0.15, 0.2) is 5.82 Å². The lowest BCUT2D eigenvalue weighted by Crippen LogP contribution is -2.11. The third kappa shape index (κ3) is 2.34. The predicted octanol–water partition coefficient (Wildman–Crippen LogP) is 1.28. The van der Waals surface area contributed by atoms with Crippen LogP contribution in [0.5, 0.6) is 0 Å². The van der Waals surface area contributed by atoms with Crippen molar-refractivity contribution in [1.82, 2.24) is 20.4 Å². The van der Waals surface area contributed by atoms with Crippen LogP contribution < -0.4 is 5.32 Å². The van der Waals surface area contributed by atoms with Gasteiger partial charge >= 0.3 is 0 Å². The van der Waals surface area contributed by atoms with Crippen molar-refractivity contribution in [3.63, 3.8) is 0 Å². The molecule has 1 N–H and O–H groups in total. The summed E-state index contributed by atoms with van der Waals surface area (Å²) in [6.07, 6.45) is 5.53. The number of pyridine rings is 1. The molecule has 0 bridgehead atoms. The van der Waals surface area contributed by atoms with Gasteiger partial charge in [-0.2, -0.15) is 4.98 Å². The Morgan fingerprint density at radius 3 is 3.00 bits per heavy atom. The fourth-order valence-corrected chi connectivity index (χ4v) is 2.10. The van der Waals surface area contributed by atoms with Crippen LogP contribution in [0.25, 0.3) is 11.5 Å². The van der Waals surface area contributed by atoms with Gasteiger partial charge < -0.3 is 9.84 Å². The maximum Gasteiger partial charge on any atom is 0.258 e. The Morgan fingerprint density at radius 2 is 2.24 bits per heavy atom. The van der Waals surface area contributed by atoms with Crippen LogP contribution in [0.3, 0.4) is 0 Å². The van der Waals surface area contributed by atoms with E-state index in [1.54, 1.807) is 12.4 Å². The molecule has 3 rings (SSSR count). The molecule has 0 radical (unpaired) electrons. The molecule has 0 saturated carbocycles. The zero-order chi connectivity index (χ0) is 11.5. The summed E-state index contributed by atoms with van der Waals surface area (Å²) in [4.78, 5) is 8.37. The minimum absolute atomic E-state index is 0.577. The van der Waals surface area contributed by atoms with Gasteiger partial charge in [0.25, 0.3) is 5.89 Å². The molecule has 5 heteroatoms. The molecule has 1 unspecified atom stereocenters. The second-order valence-electron chi connectivity index (χ2n) is 4.31. The highest BCUT2D eigenvalue weighted by atomic mass is 16.5. The molecular formula is C12H14N4O. The number of nitrogens with zero attached hydrogens (tertiary/aromatic N) is 3. The standard InChI is InChI=1S/C12H14N4O/c1-4-14-8-9(1)7-11-15-12(17-16-11)10-2-5-13-6-3-10/h2-3,5-6,9,14H,1,4,7-8H2. The van der Waals surface area contributed by atoms with Crippen LogP contribution >= 0.6 is 0 Å². The van der Waals surface area contributed by atoms with E-state index in [9.17, 15) is 0 Å². The molecule has 17 heavy (non-hydrogen) atoms. The summed E-state index contributed by atoms with van der Waals surface area (Å²) in [6.45, 7) is 2.15. The Hall–Kier alpha value is -1.75. The molecule has 0 aliphatic carbocycles. The summed E-state index contributed by atoms with van der Waals surface area (Å²) >= 11 is 0. The normalized spacial score (nSPS) is 19.6.